The highest BCUT2D eigenvalue weighted by atomic mass is 28.4. The number of aliphatic hydroxyl groups excluding tert-OH is 1. The van der Waals surface area contributed by atoms with Crippen LogP contribution in [0.25, 0.3) is 0 Å². The van der Waals surface area contributed by atoms with Gasteiger partial charge < -0.3 is 23.1 Å². The van der Waals surface area contributed by atoms with Crippen LogP contribution in [0.15, 0.2) is 12.7 Å². The molecule has 6 nitrogen and oxygen atoms in total. The largest absolute Gasteiger partial charge is 0.500 e. The Hall–Kier alpha value is -0.283. The molecule has 1 N–H and O–H groups in total. The average Bonchev–Trinajstić information content (AvgIpc) is 2.51. The van der Waals surface area contributed by atoms with Crippen molar-refractivity contribution in [3.63, 3.8) is 0 Å². The first-order valence-electron chi connectivity index (χ1n) is 7.32. The van der Waals surface area contributed by atoms with Crippen LogP contribution in [0.1, 0.15) is 13.3 Å². The molecule has 1 unspecified atom stereocenters. The van der Waals surface area contributed by atoms with Gasteiger partial charge in [-0.2, -0.15) is 0 Å². The summed E-state index contributed by atoms with van der Waals surface area (Å²) in [6.45, 7) is 8.89. The van der Waals surface area contributed by atoms with Crippen LogP contribution in [-0.2, 0) is 18.0 Å². The number of nitrogens with zero attached hydrogens (tertiary/aromatic N) is 1. The summed E-state index contributed by atoms with van der Waals surface area (Å²) in [5, 5.41) is 9.91. The smallest absolute Gasteiger partial charge is 0.389 e. The second-order valence-electron chi connectivity index (χ2n) is 4.77. The molecule has 7 heteroatoms. The van der Waals surface area contributed by atoms with E-state index in [0.717, 1.165) is 19.5 Å². The van der Waals surface area contributed by atoms with Crippen molar-refractivity contribution in [2.45, 2.75) is 25.5 Å². The highest BCUT2D eigenvalue weighted by Gasteiger charge is 2.36. The van der Waals surface area contributed by atoms with E-state index in [2.05, 4.69) is 18.4 Å². The maximum Gasteiger partial charge on any atom is 0.500 e. The van der Waals surface area contributed by atoms with Crippen molar-refractivity contribution in [2.75, 3.05) is 54.2 Å². The molecule has 21 heavy (non-hydrogen) atoms. The van der Waals surface area contributed by atoms with Gasteiger partial charge in [0.25, 0.3) is 0 Å². The molecule has 0 saturated carbocycles. The van der Waals surface area contributed by atoms with Gasteiger partial charge >= 0.3 is 8.80 Å². The van der Waals surface area contributed by atoms with Crippen molar-refractivity contribution in [3.8, 4) is 0 Å². The van der Waals surface area contributed by atoms with Crippen molar-refractivity contribution < 1.29 is 23.1 Å². The molecule has 1 atom stereocenters. The van der Waals surface area contributed by atoms with E-state index in [-0.39, 0.29) is 0 Å². The molecule has 0 saturated heterocycles. The molecule has 0 rings (SSSR count). The minimum absolute atomic E-state index is 0.329. The molecule has 0 aromatic heterocycles. The lowest BCUT2D eigenvalue weighted by atomic mass is 10.3. The van der Waals surface area contributed by atoms with E-state index in [9.17, 15) is 5.11 Å². The molecule has 0 aliphatic heterocycles. The van der Waals surface area contributed by atoms with Gasteiger partial charge in [-0.15, -0.1) is 6.58 Å². The summed E-state index contributed by atoms with van der Waals surface area (Å²) in [6, 6.07) is 0.699. The van der Waals surface area contributed by atoms with E-state index in [1.165, 1.54) is 0 Å². The van der Waals surface area contributed by atoms with E-state index in [1.807, 2.05) is 6.08 Å². The van der Waals surface area contributed by atoms with Gasteiger partial charge in [0.05, 0.1) is 12.7 Å². The Morgan fingerprint density at radius 3 is 2.33 bits per heavy atom. The predicted octanol–water partition coefficient (Wildman–Crippen LogP) is 1.14. The van der Waals surface area contributed by atoms with E-state index in [0.29, 0.717) is 25.8 Å². The number of aliphatic hydroxyl groups is 1. The normalized spacial score (nSPS) is 13.6. The van der Waals surface area contributed by atoms with Gasteiger partial charge in [0.2, 0.25) is 0 Å². The van der Waals surface area contributed by atoms with Crippen LogP contribution in [0.2, 0.25) is 6.04 Å². The van der Waals surface area contributed by atoms with Crippen molar-refractivity contribution >= 4 is 8.80 Å². The minimum atomic E-state index is -2.50. The van der Waals surface area contributed by atoms with Crippen LogP contribution in [0.5, 0.6) is 0 Å². The van der Waals surface area contributed by atoms with Gasteiger partial charge in [0.15, 0.2) is 0 Å². The van der Waals surface area contributed by atoms with Crippen LogP contribution >= 0.6 is 0 Å². The zero-order valence-corrected chi connectivity index (χ0v) is 14.8. The summed E-state index contributed by atoms with van der Waals surface area (Å²) in [5.74, 6) is 0. The molecule has 0 radical (unpaired) electrons. The second kappa shape index (κ2) is 12.3. The lowest BCUT2D eigenvalue weighted by molar-refractivity contribution is 0.0182. The fraction of sp³-hybridized carbons (Fsp3) is 0.857. The first-order chi connectivity index (χ1) is 10.1. The van der Waals surface area contributed by atoms with Gasteiger partial charge in [-0.1, -0.05) is 13.0 Å². The Bertz CT molecular complexity index is 255. The zero-order valence-electron chi connectivity index (χ0n) is 13.8. The lowest BCUT2D eigenvalue weighted by Gasteiger charge is -2.24. The third-order valence-electron chi connectivity index (χ3n) is 3.32. The number of hydrogen-bond acceptors (Lipinski definition) is 6. The highest BCUT2D eigenvalue weighted by Crippen LogP contribution is 2.14. The molecule has 0 amide bonds. The number of hydrogen-bond donors (Lipinski definition) is 1. The summed E-state index contributed by atoms with van der Waals surface area (Å²) >= 11 is 0. The first kappa shape index (κ1) is 20.7. The maximum atomic E-state index is 9.91. The van der Waals surface area contributed by atoms with Gasteiger partial charge in [0.1, 0.15) is 0 Å². The molecular formula is C14H31NO5Si. The maximum absolute atomic E-state index is 9.91. The number of rotatable bonds is 14. The monoisotopic (exact) mass is 321 g/mol. The van der Waals surface area contributed by atoms with Crippen LogP contribution in [-0.4, -0.2) is 79.1 Å². The highest BCUT2D eigenvalue weighted by molar-refractivity contribution is 6.60. The van der Waals surface area contributed by atoms with E-state index < -0.39 is 14.9 Å². The van der Waals surface area contributed by atoms with E-state index in [4.69, 9.17) is 18.0 Å². The fourth-order valence-corrected chi connectivity index (χ4v) is 3.72. The van der Waals surface area contributed by atoms with Crippen LogP contribution < -0.4 is 0 Å². The average molecular weight is 321 g/mol. The zero-order chi connectivity index (χ0) is 16.1. The van der Waals surface area contributed by atoms with Crippen LogP contribution in [0.4, 0.5) is 0 Å². The Labute approximate surface area is 130 Å². The Morgan fingerprint density at radius 1 is 1.24 bits per heavy atom. The third kappa shape index (κ3) is 8.67. The molecule has 0 fully saturated rings. The standard InChI is InChI=1S/C14H31NO5Si/c1-6-9-15(7-2)12-14(16)13-20-10-8-11-21(17-3,18-4)19-5/h6,14,16H,1,7-13H2,2-5H3. The summed E-state index contributed by atoms with van der Waals surface area (Å²) in [7, 11) is 2.30. The summed E-state index contributed by atoms with van der Waals surface area (Å²) in [6.07, 6.45) is 2.12. The molecular weight excluding hydrogens is 290 g/mol. The molecule has 126 valence electrons. The van der Waals surface area contributed by atoms with Crippen molar-refractivity contribution in [1.29, 1.82) is 0 Å². The number of ether oxygens (including phenoxy) is 1. The van der Waals surface area contributed by atoms with E-state index >= 15 is 0 Å². The fourth-order valence-electron chi connectivity index (χ4n) is 2.03. The topological polar surface area (TPSA) is 60.4 Å². The summed E-state index contributed by atoms with van der Waals surface area (Å²) < 4.78 is 21.5. The summed E-state index contributed by atoms with van der Waals surface area (Å²) in [5.41, 5.74) is 0. The van der Waals surface area contributed by atoms with Crippen LogP contribution in [0.3, 0.4) is 0 Å². The van der Waals surface area contributed by atoms with Crippen LogP contribution in [0, 0.1) is 0 Å². The first-order valence-corrected chi connectivity index (χ1v) is 9.25. The SMILES string of the molecule is C=CCN(CC)CC(O)COCCC[Si](OC)(OC)OC. The molecule has 0 bridgehead atoms. The van der Waals surface area contributed by atoms with E-state index in [1.54, 1.807) is 21.3 Å². The Balaban J connectivity index is 3.81. The Morgan fingerprint density at radius 2 is 1.86 bits per heavy atom. The molecule has 0 aliphatic rings. The van der Waals surface area contributed by atoms with Crippen molar-refractivity contribution in [1.82, 2.24) is 4.90 Å². The second-order valence-corrected chi connectivity index (χ2v) is 7.86. The van der Waals surface area contributed by atoms with Crippen molar-refractivity contribution in [2.24, 2.45) is 0 Å². The van der Waals surface area contributed by atoms with Gasteiger partial charge in [-0.3, -0.25) is 4.90 Å². The predicted molar refractivity (Wildman–Crippen MR) is 85.3 cm³/mol. The minimum Gasteiger partial charge on any atom is -0.389 e. The molecule has 0 spiro atoms. The lowest BCUT2D eigenvalue weighted by Crippen LogP contribution is -2.42. The van der Waals surface area contributed by atoms with Crippen molar-refractivity contribution in [3.05, 3.63) is 12.7 Å². The summed E-state index contributed by atoms with van der Waals surface area (Å²) in [4.78, 5) is 2.11. The van der Waals surface area contributed by atoms with Gasteiger partial charge in [-0.05, 0) is 13.0 Å². The third-order valence-corrected chi connectivity index (χ3v) is 6.15. The molecule has 0 aromatic rings. The van der Waals surface area contributed by atoms with Gasteiger partial charge in [0, 0.05) is 47.1 Å². The van der Waals surface area contributed by atoms with Gasteiger partial charge in [-0.25, -0.2) is 0 Å². The molecule has 0 aliphatic carbocycles. The number of likely N-dealkylation sites (N-methyl/N-ethyl adjacent to an activating group) is 1. The molecule has 0 aromatic carbocycles. The quantitative estimate of drug-likeness (QED) is 0.294. The Kier molecular flexibility index (Phi) is 12.1. The molecule has 0 heterocycles.